The van der Waals surface area contributed by atoms with Crippen LogP contribution in [0.15, 0.2) is 28.7 Å². The van der Waals surface area contributed by atoms with Gasteiger partial charge in [-0.1, -0.05) is 12.1 Å². The number of hydrogen-bond donors (Lipinski definition) is 1. The molecule has 0 radical (unpaired) electrons. The molecule has 1 fully saturated rings. The highest BCUT2D eigenvalue weighted by Gasteiger charge is 2.22. The third-order valence-electron chi connectivity index (χ3n) is 3.10. The first-order valence-corrected chi connectivity index (χ1v) is 5.60. The van der Waals surface area contributed by atoms with E-state index in [1.165, 1.54) is 25.9 Å². The van der Waals surface area contributed by atoms with Crippen LogP contribution in [0.1, 0.15) is 24.7 Å². The van der Waals surface area contributed by atoms with Crippen LogP contribution < -0.4 is 5.32 Å². The van der Waals surface area contributed by atoms with Crippen LogP contribution in [0.25, 0.3) is 11.1 Å². The van der Waals surface area contributed by atoms with E-state index in [0.29, 0.717) is 5.92 Å². The van der Waals surface area contributed by atoms with Crippen molar-refractivity contribution in [3.63, 3.8) is 0 Å². The molecule has 0 aliphatic carbocycles. The Balaban J connectivity index is 1.96. The Labute approximate surface area is 88.5 Å². The summed E-state index contributed by atoms with van der Waals surface area (Å²) in [6.07, 6.45) is 2.37. The molecule has 0 bridgehead atoms. The van der Waals surface area contributed by atoms with Gasteiger partial charge >= 0.3 is 0 Å². The van der Waals surface area contributed by atoms with Crippen LogP contribution in [0, 0.1) is 0 Å². The number of para-hydroxylation sites is 2. The Kier molecular flexibility index (Phi) is 2.18. The minimum Gasteiger partial charge on any atom is -0.440 e. The molecule has 1 aromatic carbocycles. The second kappa shape index (κ2) is 3.66. The fourth-order valence-corrected chi connectivity index (χ4v) is 2.24. The van der Waals surface area contributed by atoms with Gasteiger partial charge in [-0.2, -0.15) is 0 Å². The minimum absolute atomic E-state index is 0.530. The van der Waals surface area contributed by atoms with E-state index in [4.69, 9.17) is 4.42 Å². The summed E-state index contributed by atoms with van der Waals surface area (Å²) < 4.78 is 5.78. The highest BCUT2D eigenvalue weighted by molar-refractivity contribution is 5.72. The molecule has 0 spiro atoms. The molecule has 3 rings (SSSR count). The van der Waals surface area contributed by atoms with Crippen LogP contribution in [0.4, 0.5) is 0 Å². The molecule has 0 unspecified atom stereocenters. The van der Waals surface area contributed by atoms with Gasteiger partial charge in [0.05, 0.1) is 13.1 Å². The van der Waals surface area contributed by atoms with E-state index in [0.717, 1.165) is 17.0 Å². The molecule has 3 heteroatoms. The van der Waals surface area contributed by atoms with Crippen molar-refractivity contribution < 1.29 is 9.73 Å². The summed E-state index contributed by atoms with van der Waals surface area (Å²) in [7, 11) is 0. The van der Waals surface area contributed by atoms with Crippen LogP contribution >= 0.6 is 0 Å². The highest BCUT2D eigenvalue weighted by atomic mass is 16.3. The quantitative estimate of drug-likeness (QED) is 0.758. The van der Waals surface area contributed by atoms with Crippen LogP contribution in [0.2, 0.25) is 0 Å². The van der Waals surface area contributed by atoms with E-state index < -0.39 is 0 Å². The number of nitrogens with zero attached hydrogens (tertiary/aromatic N) is 1. The maximum Gasteiger partial charge on any atom is 0.199 e. The van der Waals surface area contributed by atoms with Gasteiger partial charge in [0.15, 0.2) is 11.5 Å². The van der Waals surface area contributed by atoms with E-state index in [2.05, 4.69) is 10.3 Å². The summed E-state index contributed by atoms with van der Waals surface area (Å²) in [4.78, 5) is 4.56. The van der Waals surface area contributed by atoms with Crippen molar-refractivity contribution in [3.8, 4) is 0 Å². The second-order valence-corrected chi connectivity index (χ2v) is 4.16. The number of oxazole rings is 1. The lowest BCUT2D eigenvalue weighted by Crippen LogP contribution is -2.86. The predicted octanol–water partition coefficient (Wildman–Crippen LogP) is 1.27. The van der Waals surface area contributed by atoms with Gasteiger partial charge in [0.25, 0.3) is 0 Å². The summed E-state index contributed by atoms with van der Waals surface area (Å²) in [5, 5.41) is 2.36. The fraction of sp³-hybridized carbons (Fsp3) is 0.417. The topological polar surface area (TPSA) is 42.6 Å². The molecule has 2 heterocycles. The Hall–Kier alpha value is -1.35. The van der Waals surface area contributed by atoms with Crippen molar-refractivity contribution in [2.24, 2.45) is 0 Å². The Morgan fingerprint density at radius 2 is 2.00 bits per heavy atom. The number of piperidine rings is 1. The van der Waals surface area contributed by atoms with E-state index >= 15 is 0 Å². The first-order valence-electron chi connectivity index (χ1n) is 5.60. The first-order chi connectivity index (χ1) is 7.43. The molecule has 1 saturated heterocycles. The fourth-order valence-electron chi connectivity index (χ4n) is 2.24. The molecule has 3 nitrogen and oxygen atoms in total. The Bertz CT molecular complexity index is 424. The molecular weight excluding hydrogens is 188 g/mol. The molecule has 78 valence electrons. The number of quaternary nitrogens is 1. The standard InChI is InChI=1S/C12H14N2O/c1-2-4-11-10(3-1)14-12(15-11)9-5-7-13-8-6-9/h1-4,9,13H,5-8H2/p+1. The van der Waals surface area contributed by atoms with Crippen molar-refractivity contribution in [2.45, 2.75) is 18.8 Å². The molecule has 2 N–H and O–H groups in total. The molecular formula is C12H15N2O+. The van der Waals surface area contributed by atoms with Crippen molar-refractivity contribution in [1.82, 2.24) is 4.98 Å². The van der Waals surface area contributed by atoms with Gasteiger partial charge in [-0.25, -0.2) is 4.98 Å². The Morgan fingerprint density at radius 1 is 1.20 bits per heavy atom. The first kappa shape index (κ1) is 8.92. The predicted molar refractivity (Wildman–Crippen MR) is 57.6 cm³/mol. The minimum atomic E-state index is 0.530. The lowest BCUT2D eigenvalue weighted by Gasteiger charge is -2.16. The van der Waals surface area contributed by atoms with Gasteiger partial charge in [0.1, 0.15) is 5.52 Å². The number of rotatable bonds is 1. The van der Waals surface area contributed by atoms with Crippen molar-refractivity contribution in [3.05, 3.63) is 30.2 Å². The number of nitrogens with two attached hydrogens (primary N) is 1. The van der Waals surface area contributed by atoms with Crippen LogP contribution in [-0.4, -0.2) is 18.1 Å². The average Bonchev–Trinajstić information content (AvgIpc) is 2.74. The zero-order chi connectivity index (χ0) is 10.1. The number of benzene rings is 1. The van der Waals surface area contributed by atoms with Gasteiger partial charge in [-0.15, -0.1) is 0 Å². The zero-order valence-electron chi connectivity index (χ0n) is 8.65. The van der Waals surface area contributed by atoms with Gasteiger partial charge < -0.3 is 9.73 Å². The highest BCUT2D eigenvalue weighted by Crippen LogP contribution is 2.26. The van der Waals surface area contributed by atoms with E-state index in [1.54, 1.807) is 0 Å². The van der Waals surface area contributed by atoms with E-state index in [1.807, 2.05) is 24.3 Å². The summed E-state index contributed by atoms with van der Waals surface area (Å²) >= 11 is 0. The number of hydrogen-bond acceptors (Lipinski definition) is 2. The monoisotopic (exact) mass is 203 g/mol. The molecule has 0 amide bonds. The third kappa shape index (κ3) is 1.63. The maximum atomic E-state index is 5.78. The summed E-state index contributed by atoms with van der Waals surface area (Å²) in [6.45, 7) is 2.40. The lowest BCUT2D eigenvalue weighted by molar-refractivity contribution is -0.663. The van der Waals surface area contributed by atoms with Crippen LogP contribution in [-0.2, 0) is 0 Å². The molecule has 15 heavy (non-hydrogen) atoms. The van der Waals surface area contributed by atoms with Gasteiger partial charge in [0.2, 0.25) is 0 Å². The van der Waals surface area contributed by atoms with Gasteiger partial charge in [-0.3, -0.25) is 0 Å². The molecule has 1 aromatic heterocycles. The maximum absolute atomic E-state index is 5.78. The van der Waals surface area contributed by atoms with Gasteiger partial charge in [-0.05, 0) is 12.1 Å². The smallest absolute Gasteiger partial charge is 0.199 e. The summed E-state index contributed by atoms with van der Waals surface area (Å²) in [5.74, 6) is 1.46. The third-order valence-corrected chi connectivity index (χ3v) is 3.10. The Morgan fingerprint density at radius 3 is 2.80 bits per heavy atom. The van der Waals surface area contributed by atoms with Crippen LogP contribution in [0.5, 0.6) is 0 Å². The van der Waals surface area contributed by atoms with E-state index in [-0.39, 0.29) is 0 Å². The normalized spacial score (nSPS) is 18.4. The summed E-state index contributed by atoms with van der Waals surface area (Å²) in [6, 6.07) is 7.99. The zero-order valence-corrected chi connectivity index (χ0v) is 8.65. The average molecular weight is 203 g/mol. The molecule has 0 saturated carbocycles. The molecule has 1 aliphatic rings. The second-order valence-electron chi connectivity index (χ2n) is 4.16. The van der Waals surface area contributed by atoms with E-state index in [9.17, 15) is 0 Å². The van der Waals surface area contributed by atoms with Crippen molar-refractivity contribution in [2.75, 3.05) is 13.1 Å². The largest absolute Gasteiger partial charge is 0.440 e. The van der Waals surface area contributed by atoms with Crippen molar-refractivity contribution in [1.29, 1.82) is 0 Å². The summed E-state index contributed by atoms with van der Waals surface area (Å²) in [5.41, 5.74) is 1.91. The molecule has 1 aliphatic heterocycles. The lowest BCUT2D eigenvalue weighted by atomic mass is 9.98. The molecule has 0 atom stereocenters. The number of fused-ring (bicyclic) bond motifs is 1. The number of aromatic nitrogens is 1. The molecule has 2 aromatic rings. The van der Waals surface area contributed by atoms with Crippen LogP contribution in [0.3, 0.4) is 0 Å². The SMILES string of the molecule is c1ccc2oc(C3CC[NH2+]CC3)nc2c1. The van der Waals surface area contributed by atoms with Gasteiger partial charge in [0, 0.05) is 18.8 Å². The van der Waals surface area contributed by atoms with Crippen molar-refractivity contribution >= 4 is 11.1 Å².